The molecule has 1 aromatic rings. The molecule has 0 radical (unpaired) electrons. The van der Waals surface area contributed by atoms with Gasteiger partial charge < -0.3 is 25.2 Å². The van der Waals surface area contributed by atoms with E-state index in [2.05, 4.69) is 0 Å². The van der Waals surface area contributed by atoms with Crippen molar-refractivity contribution in [3.63, 3.8) is 0 Å². The normalized spacial score (nSPS) is 39.6. The molecule has 4 N–H and O–H groups in total. The van der Waals surface area contributed by atoms with E-state index >= 15 is 0 Å². The van der Waals surface area contributed by atoms with Gasteiger partial charge in [0.05, 0.1) is 28.8 Å². The third kappa shape index (κ3) is 3.51. The highest BCUT2D eigenvalue weighted by atomic mass is 35.5. The van der Waals surface area contributed by atoms with Crippen molar-refractivity contribution in [2.75, 3.05) is 0 Å². The van der Waals surface area contributed by atoms with Crippen LogP contribution in [0.2, 0.25) is 0 Å². The lowest BCUT2D eigenvalue weighted by atomic mass is 9.54. The lowest BCUT2D eigenvalue weighted by Gasteiger charge is -2.58. The number of carbonyl (C=O) groups is 2. The molecule has 0 amide bonds. The summed E-state index contributed by atoms with van der Waals surface area (Å²) in [5.41, 5.74) is -4.87. The zero-order valence-corrected chi connectivity index (χ0v) is 20.4. The number of alkyl halides is 1. The fraction of sp³-hybridized carbons (Fsp3) is 0.680. The standard InChI is InChI=1S/C25H33ClO7/c1-22(2)16(24(5,32)7-6-17(22)26)11-25-14(10-18(29)23(3,4)33-25)20(30)19-13(21(25)31)8-12(27)9-15(19)28/h8-9,14,16-18,27-29,32H,6-7,10-11H2,1-5H3/t14?,16-,17-,18+,24-,25-/m0/s1. The number of fused-ring (bicyclic) bond motifs is 2. The van der Waals surface area contributed by atoms with Crippen LogP contribution in [0.4, 0.5) is 0 Å². The highest BCUT2D eigenvalue weighted by molar-refractivity contribution is 6.21. The molecule has 1 unspecified atom stereocenters. The summed E-state index contributed by atoms with van der Waals surface area (Å²) in [6.45, 7) is 8.93. The van der Waals surface area contributed by atoms with Crippen molar-refractivity contribution in [2.24, 2.45) is 17.3 Å². The first-order valence-electron chi connectivity index (χ1n) is 11.4. The second-order valence-corrected chi connectivity index (χ2v) is 11.9. The summed E-state index contributed by atoms with van der Waals surface area (Å²) in [6.07, 6.45) is 0.00195. The van der Waals surface area contributed by atoms with E-state index in [9.17, 15) is 30.0 Å². The highest BCUT2D eigenvalue weighted by Gasteiger charge is 2.65. The number of aliphatic hydroxyl groups excluding tert-OH is 1. The van der Waals surface area contributed by atoms with Crippen molar-refractivity contribution in [2.45, 2.75) is 88.6 Å². The summed E-state index contributed by atoms with van der Waals surface area (Å²) in [6, 6.07) is 2.19. The van der Waals surface area contributed by atoms with E-state index in [1.54, 1.807) is 20.8 Å². The van der Waals surface area contributed by atoms with Gasteiger partial charge in [-0.2, -0.15) is 0 Å². The Kier molecular flexibility index (Phi) is 5.49. The zero-order chi connectivity index (χ0) is 24.7. The van der Waals surface area contributed by atoms with Crippen molar-refractivity contribution in [1.29, 1.82) is 0 Å². The number of phenolic OH excluding ortho intramolecular Hbond substituents is 2. The van der Waals surface area contributed by atoms with Crippen molar-refractivity contribution < 1.29 is 34.8 Å². The topological polar surface area (TPSA) is 124 Å². The maximum atomic E-state index is 14.1. The molecule has 182 valence electrons. The highest BCUT2D eigenvalue weighted by Crippen LogP contribution is 2.57. The molecule has 33 heavy (non-hydrogen) atoms. The first-order chi connectivity index (χ1) is 15.0. The van der Waals surface area contributed by atoms with Crippen LogP contribution in [-0.2, 0) is 4.74 Å². The molecule has 1 saturated carbocycles. The SMILES string of the molecule is CC1(C)O[C@]2(C[C@H]3C(C)(C)[C@@H](Cl)CC[C@]3(C)O)C(=O)c3cc(O)cc(O)c3C(=O)C2C[C@H]1O. The molecular formula is C25H33ClO7. The number of Topliss-reactive ketones (excluding diaryl/α,β-unsaturated/α-hetero) is 2. The number of ether oxygens (including phenoxy) is 1. The third-order valence-corrected chi connectivity index (χ3v) is 9.21. The molecule has 8 heteroatoms. The van der Waals surface area contributed by atoms with Gasteiger partial charge in [-0.1, -0.05) is 13.8 Å². The summed E-state index contributed by atoms with van der Waals surface area (Å²) in [5, 5.41) is 42.3. The van der Waals surface area contributed by atoms with Gasteiger partial charge in [-0.05, 0) is 63.9 Å². The minimum atomic E-state index is -1.69. The number of hydrogen-bond acceptors (Lipinski definition) is 7. The Morgan fingerprint density at radius 1 is 1.12 bits per heavy atom. The maximum absolute atomic E-state index is 14.1. The van der Waals surface area contributed by atoms with Gasteiger partial charge in [-0.25, -0.2) is 0 Å². The first-order valence-corrected chi connectivity index (χ1v) is 11.9. The van der Waals surface area contributed by atoms with Crippen LogP contribution in [-0.4, -0.2) is 60.3 Å². The molecule has 1 aromatic carbocycles. The van der Waals surface area contributed by atoms with Crippen LogP contribution in [0.15, 0.2) is 12.1 Å². The molecule has 0 aromatic heterocycles. The Balaban J connectivity index is 1.93. The molecule has 4 rings (SSSR count). The van der Waals surface area contributed by atoms with E-state index in [1.807, 2.05) is 13.8 Å². The number of aromatic hydroxyl groups is 2. The van der Waals surface area contributed by atoms with Crippen LogP contribution in [0.5, 0.6) is 11.5 Å². The van der Waals surface area contributed by atoms with Gasteiger partial charge in [-0.15, -0.1) is 11.6 Å². The summed E-state index contributed by atoms with van der Waals surface area (Å²) in [5.74, 6) is -3.45. The van der Waals surface area contributed by atoms with Gasteiger partial charge in [0.1, 0.15) is 17.1 Å². The van der Waals surface area contributed by atoms with Crippen LogP contribution in [0.25, 0.3) is 0 Å². The van der Waals surface area contributed by atoms with E-state index in [4.69, 9.17) is 16.3 Å². The number of halogens is 1. The van der Waals surface area contributed by atoms with Crippen molar-refractivity contribution >= 4 is 23.2 Å². The van der Waals surface area contributed by atoms with Crippen molar-refractivity contribution in [3.8, 4) is 11.5 Å². The second kappa shape index (κ2) is 7.41. The molecular weight excluding hydrogens is 448 g/mol. The Bertz CT molecular complexity index is 1010. The third-order valence-electron chi connectivity index (χ3n) is 8.43. The first kappa shape index (κ1) is 24.5. The minimum Gasteiger partial charge on any atom is -0.508 e. The lowest BCUT2D eigenvalue weighted by Crippen LogP contribution is -2.67. The second-order valence-electron chi connectivity index (χ2n) is 11.4. The Morgan fingerprint density at radius 2 is 1.76 bits per heavy atom. The van der Waals surface area contributed by atoms with Crippen LogP contribution in [0.3, 0.4) is 0 Å². The van der Waals surface area contributed by atoms with Gasteiger partial charge >= 0.3 is 0 Å². The van der Waals surface area contributed by atoms with Crippen LogP contribution in [0.1, 0.15) is 81.0 Å². The molecule has 1 saturated heterocycles. The zero-order valence-electron chi connectivity index (χ0n) is 19.7. The van der Waals surface area contributed by atoms with Gasteiger partial charge in [-0.3, -0.25) is 9.59 Å². The van der Waals surface area contributed by atoms with Crippen molar-refractivity contribution in [3.05, 3.63) is 23.3 Å². The predicted octanol–water partition coefficient (Wildman–Crippen LogP) is 3.58. The van der Waals surface area contributed by atoms with E-state index < -0.39 is 57.5 Å². The number of rotatable bonds is 2. The average molecular weight is 481 g/mol. The molecule has 7 nitrogen and oxygen atoms in total. The summed E-state index contributed by atoms with van der Waals surface area (Å²) in [4.78, 5) is 27.7. The fourth-order valence-corrected chi connectivity index (χ4v) is 6.59. The number of hydrogen-bond donors (Lipinski definition) is 4. The lowest BCUT2D eigenvalue weighted by molar-refractivity contribution is -0.234. The molecule has 0 bridgehead atoms. The number of carbonyl (C=O) groups excluding carboxylic acids is 2. The molecule has 1 heterocycles. The van der Waals surface area contributed by atoms with Gasteiger partial charge in [0.25, 0.3) is 0 Å². The summed E-state index contributed by atoms with van der Waals surface area (Å²) >= 11 is 6.68. The molecule has 2 fully saturated rings. The number of phenols is 2. The van der Waals surface area contributed by atoms with Gasteiger partial charge in [0.15, 0.2) is 11.6 Å². The van der Waals surface area contributed by atoms with Crippen LogP contribution < -0.4 is 0 Å². The predicted molar refractivity (Wildman–Crippen MR) is 122 cm³/mol. The molecule has 3 aliphatic rings. The maximum Gasteiger partial charge on any atom is 0.196 e. The van der Waals surface area contributed by atoms with Crippen molar-refractivity contribution in [1.82, 2.24) is 0 Å². The van der Waals surface area contributed by atoms with Gasteiger partial charge in [0, 0.05) is 17.0 Å². The fourth-order valence-electron chi connectivity index (χ4n) is 6.33. The molecule has 0 spiro atoms. The summed E-state index contributed by atoms with van der Waals surface area (Å²) < 4.78 is 6.38. The monoisotopic (exact) mass is 480 g/mol. The van der Waals surface area contributed by atoms with Crippen LogP contribution in [0, 0.1) is 17.3 Å². The molecule has 6 atom stereocenters. The Morgan fingerprint density at radius 3 is 2.39 bits per heavy atom. The van der Waals surface area contributed by atoms with E-state index in [-0.39, 0.29) is 35.1 Å². The van der Waals surface area contributed by atoms with E-state index in [1.165, 1.54) is 6.07 Å². The molecule has 2 aliphatic carbocycles. The summed E-state index contributed by atoms with van der Waals surface area (Å²) in [7, 11) is 0. The number of benzene rings is 1. The van der Waals surface area contributed by atoms with Gasteiger partial charge in [0.2, 0.25) is 0 Å². The Labute approximate surface area is 198 Å². The number of aliphatic hydroxyl groups is 2. The Hall–Kier alpha value is -1.67. The van der Waals surface area contributed by atoms with E-state index in [0.717, 1.165) is 6.07 Å². The quantitative estimate of drug-likeness (QED) is 0.477. The van der Waals surface area contributed by atoms with Crippen LogP contribution >= 0.6 is 11.6 Å². The van der Waals surface area contributed by atoms with E-state index in [0.29, 0.717) is 12.8 Å². The minimum absolute atomic E-state index is 0.0114. The average Bonchev–Trinajstić information content (AvgIpc) is 2.68. The molecule has 1 aliphatic heterocycles. The largest absolute Gasteiger partial charge is 0.508 e. The smallest absolute Gasteiger partial charge is 0.196 e. The number of ketones is 2.